The molecule has 0 bridgehead atoms. The minimum Gasteiger partial charge on any atom is -0.392 e. The molecule has 5 aromatic rings. The standard InChI is InChI=1S/C38H39N3O6S2/c42-23-25-15-17-27(18-16-25)33-21-31(24-48-38-40-32-11-1-2-12-34(32)49-38)46-37(47-33)30-10-6-9-29(20-30)28-8-5-7-26(19-28)22-39-35(43)13-3-4-14-36(44)41-45/h1-2,5-12,15-20,31,33,37,42,45H,3-4,13-14,21-24H2,(H,39,43)(H,41,44). The van der Waals surface area contributed by atoms with E-state index in [0.717, 1.165) is 49.0 Å². The van der Waals surface area contributed by atoms with Gasteiger partial charge in [0.2, 0.25) is 11.8 Å². The Morgan fingerprint density at radius 1 is 0.837 bits per heavy atom. The fraction of sp³-hybridized carbons (Fsp3) is 0.289. The number of amides is 2. The molecule has 2 amide bonds. The molecule has 0 radical (unpaired) electrons. The van der Waals surface area contributed by atoms with Crippen molar-refractivity contribution in [2.45, 2.75) is 68.1 Å². The van der Waals surface area contributed by atoms with Crippen LogP contribution in [0.15, 0.2) is 101 Å². The Bertz CT molecular complexity index is 1830. The van der Waals surface area contributed by atoms with Crippen LogP contribution in [-0.4, -0.2) is 39.0 Å². The molecule has 0 saturated carbocycles. The predicted molar refractivity (Wildman–Crippen MR) is 191 cm³/mol. The van der Waals surface area contributed by atoms with Crippen molar-refractivity contribution in [1.82, 2.24) is 15.8 Å². The third kappa shape index (κ3) is 9.54. The first kappa shape index (κ1) is 34.8. The maximum atomic E-state index is 12.4. The number of thioether (sulfide) groups is 1. The van der Waals surface area contributed by atoms with E-state index in [1.807, 2.05) is 72.8 Å². The Balaban J connectivity index is 1.14. The highest BCUT2D eigenvalue weighted by molar-refractivity contribution is 8.01. The molecule has 1 saturated heterocycles. The van der Waals surface area contributed by atoms with Crippen LogP contribution in [0.5, 0.6) is 0 Å². The number of carbonyl (C=O) groups excluding carboxylic acids is 2. The molecular weight excluding hydrogens is 659 g/mol. The molecule has 3 atom stereocenters. The minimum absolute atomic E-state index is 0.00722. The first-order valence-electron chi connectivity index (χ1n) is 16.4. The van der Waals surface area contributed by atoms with Gasteiger partial charge in [-0.05, 0) is 64.9 Å². The number of nitrogens with one attached hydrogen (secondary N) is 2. The van der Waals surface area contributed by atoms with Gasteiger partial charge in [0.1, 0.15) is 0 Å². The number of hydrogen-bond acceptors (Lipinski definition) is 9. The second kappa shape index (κ2) is 17.0. The number of benzene rings is 4. The first-order valence-corrected chi connectivity index (χ1v) is 18.2. The van der Waals surface area contributed by atoms with E-state index in [1.165, 1.54) is 4.70 Å². The van der Waals surface area contributed by atoms with Gasteiger partial charge < -0.3 is 19.9 Å². The summed E-state index contributed by atoms with van der Waals surface area (Å²) in [6.45, 7) is 0.385. The highest BCUT2D eigenvalue weighted by atomic mass is 32.2. The number of thiazole rings is 1. The number of hydrogen-bond donors (Lipinski definition) is 4. The van der Waals surface area contributed by atoms with E-state index >= 15 is 0 Å². The maximum Gasteiger partial charge on any atom is 0.243 e. The first-order chi connectivity index (χ1) is 24.0. The quantitative estimate of drug-likeness (QED) is 0.0407. The molecule has 0 aliphatic carbocycles. The summed E-state index contributed by atoms with van der Waals surface area (Å²) in [5, 5.41) is 21.1. The number of carbonyl (C=O) groups is 2. The van der Waals surface area contributed by atoms with Crippen LogP contribution in [0.3, 0.4) is 0 Å². The van der Waals surface area contributed by atoms with Crippen LogP contribution in [0.1, 0.15) is 66.8 Å². The molecule has 254 valence electrons. The summed E-state index contributed by atoms with van der Waals surface area (Å²) in [6.07, 6.45) is 1.43. The van der Waals surface area contributed by atoms with Crippen molar-refractivity contribution in [3.63, 3.8) is 0 Å². The second-order valence-corrected chi connectivity index (χ2v) is 14.3. The van der Waals surface area contributed by atoms with Gasteiger partial charge in [-0.1, -0.05) is 84.6 Å². The number of fused-ring (bicyclic) bond motifs is 1. The summed E-state index contributed by atoms with van der Waals surface area (Å²) in [4.78, 5) is 28.3. The Labute approximate surface area is 293 Å². The molecule has 9 nitrogen and oxygen atoms in total. The summed E-state index contributed by atoms with van der Waals surface area (Å²) in [5.74, 6) is 0.201. The van der Waals surface area contributed by atoms with Gasteiger partial charge in [0, 0.05) is 37.1 Å². The van der Waals surface area contributed by atoms with E-state index in [0.29, 0.717) is 32.2 Å². The molecule has 6 rings (SSSR count). The molecule has 0 spiro atoms. The largest absolute Gasteiger partial charge is 0.392 e. The van der Waals surface area contributed by atoms with Crippen LogP contribution in [0.4, 0.5) is 0 Å². The Morgan fingerprint density at radius 2 is 1.59 bits per heavy atom. The van der Waals surface area contributed by atoms with E-state index in [9.17, 15) is 14.7 Å². The van der Waals surface area contributed by atoms with Gasteiger partial charge >= 0.3 is 0 Å². The SMILES string of the molecule is O=C(CCCCC(=O)NCc1cccc(-c2cccc(C3OC(CSc4nc5ccccc5s4)CC(c4ccc(CO)cc4)O3)c2)c1)NO. The van der Waals surface area contributed by atoms with Gasteiger partial charge in [0.05, 0.1) is 29.0 Å². The molecule has 49 heavy (non-hydrogen) atoms. The average molecular weight is 698 g/mol. The van der Waals surface area contributed by atoms with Crippen LogP contribution in [0, 0.1) is 0 Å². The van der Waals surface area contributed by atoms with Crippen LogP contribution < -0.4 is 10.8 Å². The minimum atomic E-state index is -0.580. The van der Waals surface area contributed by atoms with Crippen molar-refractivity contribution >= 4 is 45.1 Å². The highest BCUT2D eigenvalue weighted by Gasteiger charge is 2.32. The second-order valence-electron chi connectivity index (χ2n) is 12.0. The highest BCUT2D eigenvalue weighted by Crippen LogP contribution is 2.41. The fourth-order valence-electron chi connectivity index (χ4n) is 5.74. The Hall–Kier alpha value is -4.10. The van der Waals surface area contributed by atoms with Crippen molar-refractivity contribution in [3.8, 4) is 11.1 Å². The van der Waals surface area contributed by atoms with Crippen molar-refractivity contribution in [2.24, 2.45) is 0 Å². The summed E-state index contributed by atoms with van der Waals surface area (Å²) in [5.41, 5.74) is 8.42. The molecule has 4 N–H and O–H groups in total. The number of aromatic nitrogens is 1. The van der Waals surface area contributed by atoms with E-state index in [1.54, 1.807) is 28.6 Å². The van der Waals surface area contributed by atoms with E-state index in [2.05, 4.69) is 29.6 Å². The zero-order valence-corrected chi connectivity index (χ0v) is 28.6. The number of para-hydroxylation sites is 1. The fourth-order valence-corrected chi connectivity index (χ4v) is 7.85. The molecule has 1 aliphatic heterocycles. The molecule has 2 heterocycles. The van der Waals surface area contributed by atoms with Gasteiger partial charge in [-0.15, -0.1) is 11.3 Å². The van der Waals surface area contributed by atoms with Crippen molar-refractivity contribution in [3.05, 3.63) is 119 Å². The lowest BCUT2D eigenvalue weighted by Crippen LogP contribution is -2.31. The number of aliphatic hydroxyl groups is 1. The van der Waals surface area contributed by atoms with Gasteiger partial charge in [0.25, 0.3) is 0 Å². The number of unbranched alkanes of at least 4 members (excludes halogenated alkanes) is 1. The lowest BCUT2D eigenvalue weighted by Gasteiger charge is -2.36. The van der Waals surface area contributed by atoms with E-state index in [-0.39, 0.29) is 31.1 Å². The molecule has 3 unspecified atom stereocenters. The monoisotopic (exact) mass is 697 g/mol. The number of ether oxygens (including phenoxy) is 2. The Kier molecular flexibility index (Phi) is 12.1. The van der Waals surface area contributed by atoms with Gasteiger partial charge in [-0.3, -0.25) is 14.8 Å². The topological polar surface area (TPSA) is 130 Å². The van der Waals surface area contributed by atoms with Crippen LogP contribution in [0.2, 0.25) is 0 Å². The third-order valence-corrected chi connectivity index (χ3v) is 10.7. The molecule has 1 aromatic heterocycles. The molecule has 1 aliphatic rings. The van der Waals surface area contributed by atoms with Gasteiger partial charge in [-0.2, -0.15) is 0 Å². The van der Waals surface area contributed by atoms with Crippen LogP contribution in [0.25, 0.3) is 21.3 Å². The summed E-state index contributed by atoms with van der Waals surface area (Å²) < 4.78 is 15.4. The third-order valence-electron chi connectivity index (χ3n) is 8.37. The number of nitrogens with zero attached hydrogens (tertiary/aromatic N) is 1. The number of aliphatic hydroxyl groups excluding tert-OH is 1. The Morgan fingerprint density at radius 3 is 2.37 bits per heavy atom. The molecular formula is C38H39N3O6S2. The summed E-state index contributed by atoms with van der Waals surface area (Å²) >= 11 is 3.40. The van der Waals surface area contributed by atoms with Crippen molar-refractivity contribution < 1.29 is 29.4 Å². The van der Waals surface area contributed by atoms with Gasteiger partial charge in [0.15, 0.2) is 10.6 Å². The zero-order valence-electron chi connectivity index (χ0n) is 26.9. The maximum absolute atomic E-state index is 12.4. The van der Waals surface area contributed by atoms with E-state index < -0.39 is 12.2 Å². The lowest BCUT2D eigenvalue weighted by molar-refractivity contribution is -0.245. The lowest BCUT2D eigenvalue weighted by atomic mass is 9.99. The predicted octanol–water partition coefficient (Wildman–Crippen LogP) is 7.48. The van der Waals surface area contributed by atoms with E-state index in [4.69, 9.17) is 19.7 Å². The van der Waals surface area contributed by atoms with Crippen molar-refractivity contribution in [1.29, 1.82) is 0 Å². The molecule has 4 aromatic carbocycles. The smallest absolute Gasteiger partial charge is 0.243 e. The van der Waals surface area contributed by atoms with Gasteiger partial charge in [-0.25, -0.2) is 10.5 Å². The zero-order chi connectivity index (χ0) is 34.0. The normalized spacial score (nSPS) is 17.6. The summed E-state index contributed by atoms with van der Waals surface area (Å²) in [7, 11) is 0. The number of hydroxylamine groups is 1. The van der Waals surface area contributed by atoms with Crippen LogP contribution in [-0.2, 0) is 32.2 Å². The molecule has 11 heteroatoms. The average Bonchev–Trinajstić information content (AvgIpc) is 3.58. The van der Waals surface area contributed by atoms with Crippen molar-refractivity contribution in [2.75, 3.05) is 5.75 Å². The number of rotatable bonds is 14. The van der Waals surface area contributed by atoms with Crippen LogP contribution >= 0.6 is 23.1 Å². The molecule has 1 fully saturated rings. The summed E-state index contributed by atoms with van der Waals surface area (Å²) in [6, 6.07) is 32.3.